The molecule has 1 heterocycles. The van der Waals surface area contributed by atoms with Crippen molar-refractivity contribution in [3.8, 4) is 0 Å². The minimum absolute atomic E-state index is 0.152. The van der Waals surface area contributed by atoms with Gasteiger partial charge in [-0.1, -0.05) is 13.8 Å². The summed E-state index contributed by atoms with van der Waals surface area (Å²) in [5.74, 6) is 0.354. The Labute approximate surface area is 126 Å². The standard InChI is InChI=1S/C16H26N2O3/c1-10(2)6-7-21-13(5)15(19)17-9-14-11(3)8-12(4)18-16(14)20/h8,10,13H,6-7,9H2,1-5H3,(H,17,19)(H,18,20). The smallest absolute Gasteiger partial charge is 0.253 e. The molecule has 1 aromatic rings. The molecule has 0 spiro atoms. The van der Waals surface area contributed by atoms with E-state index < -0.39 is 6.10 Å². The van der Waals surface area contributed by atoms with E-state index in [2.05, 4.69) is 24.1 Å². The first-order chi connectivity index (χ1) is 9.81. The molecule has 1 atom stereocenters. The first-order valence-electron chi connectivity index (χ1n) is 7.40. The van der Waals surface area contributed by atoms with Gasteiger partial charge in [0.1, 0.15) is 6.10 Å². The van der Waals surface area contributed by atoms with E-state index >= 15 is 0 Å². The second-order valence-electron chi connectivity index (χ2n) is 5.86. The van der Waals surface area contributed by atoms with Gasteiger partial charge in [-0.2, -0.15) is 0 Å². The summed E-state index contributed by atoms with van der Waals surface area (Å²) in [7, 11) is 0. The van der Waals surface area contributed by atoms with E-state index in [1.807, 2.05) is 19.9 Å². The van der Waals surface area contributed by atoms with Crippen LogP contribution in [0.5, 0.6) is 0 Å². The monoisotopic (exact) mass is 294 g/mol. The third-order valence-corrected chi connectivity index (χ3v) is 3.37. The highest BCUT2D eigenvalue weighted by atomic mass is 16.5. The van der Waals surface area contributed by atoms with E-state index in [1.54, 1.807) is 6.92 Å². The zero-order chi connectivity index (χ0) is 16.0. The molecule has 21 heavy (non-hydrogen) atoms. The van der Waals surface area contributed by atoms with Gasteiger partial charge in [0.2, 0.25) is 5.91 Å². The highest BCUT2D eigenvalue weighted by Crippen LogP contribution is 2.04. The van der Waals surface area contributed by atoms with E-state index in [-0.39, 0.29) is 18.0 Å². The molecule has 0 aromatic carbocycles. The molecule has 5 nitrogen and oxygen atoms in total. The maximum absolute atomic E-state index is 11.9. The number of aromatic nitrogens is 1. The second kappa shape index (κ2) is 7.98. The van der Waals surface area contributed by atoms with E-state index in [4.69, 9.17) is 4.74 Å². The molecule has 0 bridgehead atoms. The lowest BCUT2D eigenvalue weighted by Gasteiger charge is -2.14. The van der Waals surface area contributed by atoms with E-state index in [9.17, 15) is 9.59 Å². The number of H-pyrrole nitrogens is 1. The van der Waals surface area contributed by atoms with Gasteiger partial charge >= 0.3 is 0 Å². The topological polar surface area (TPSA) is 71.2 Å². The van der Waals surface area contributed by atoms with Crippen molar-refractivity contribution >= 4 is 5.91 Å². The van der Waals surface area contributed by atoms with E-state index in [0.29, 0.717) is 18.1 Å². The highest BCUT2D eigenvalue weighted by molar-refractivity contribution is 5.80. The number of rotatable bonds is 7. The SMILES string of the molecule is Cc1cc(C)c(CNC(=O)C(C)OCCC(C)C)c(=O)[nH]1. The minimum atomic E-state index is -0.506. The maximum Gasteiger partial charge on any atom is 0.253 e. The molecule has 118 valence electrons. The molecule has 1 rings (SSSR count). The Kier molecular flexibility index (Phi) is 6.62. The number of hydrogen-bond acceptors (Lipinski definition) is 3. The zero-order valence-electron chi connectivity index (χ0n) is 13.6. The molecular weight excluding hydrogens is 268 g/mol. The third kappa shape index (κ3) is 5.71. The van der Waals surface area contributed by atoms with Crippen molar-refractivity contribution in [2.24, 2.45) is 5.92 Å². The number of pyridine rings is 1. The van der Waals surface area contributed by atoms with Crippen LogP contribution in [-0.4, -0.2) is 23.6 Å². The molecule has 0 saturated heterocycles. The highest BCUT2D eigenvalue weighted by Gasteiger charge is 2.14. The Morgan fingerprint density at radius 1 is 1.33 bits per heavy atom. The summed E-state index contributed by atoms with van der Waals surface area (Å²) < 4.78 is 5.48. The Morgan fingerprint density at radius 3 is 2.57 bits per heavy atom. The van der Waals surface area contributed by atoms with Crippen molar-refractivity contribution in [2.75, 3.05) is 6.61 Å². The van der Waals surface area contributed by atoms with Gasteiger partial charge in [0.15, 0.2) is 0 Å². The molecule has 1 unspecified atom stereocenters. The van der Waals surface area contributed by atoms with Gasteiger partial charge in [-0.05, 0) is 44.7 Å². The predicted octanol–water partition coefficient (Wildman–Crippen LogP) is 2.06. The summed E-state index contributed by atoms with van der Waals surface area (Å²) in [5.41, 5.74) is 2.13. The van der Waals surface area contributed by atoms with Crippen molar-refractivity contribution in [3.63, 3.8) is 0 Å². The predicted molar refractivity (Wildman–Crippen MR) is 83.3 cm³/mol. The number of carbonyl (C=O) groups excluding carboxylic acids is 1. The normalized spacial score (nSPS) is 12.5. The van der Waals surface area contributed by atoms with Gasteiger partial charge in [-0.3, -0.25) is 9.59 Å². The zero-order valence-corrected chi connectivity index (χ0v) is 13.6. The van der Waals surface area contributed by atoms with Crippen molar-refractivity contribution in [1.82, 2.24) is 10.3 Å². The number of amides is 1. The molecule has 1 amide bonds. The van der Waals surface area contributed by atoms with Gasteiger partial charge in [0, 0.05) is 24.4 Å². The Hall–Kier alpha value is -1.62. The quantitative estimate of drug-likeness (QED) is 0.808. The van der Waals surface area contributed by atoms with Crippen LogP contribution in [0.3, 0.4) is 0 Å². The molecule has 2 N–H and O–H groups in total. The molecule has 0 saturated carbocycles. The average Bonchev–Trinajstić information content (AvgIpc) is 2.36. The Bertz CT molecular complexity index is 535. The summed E-state index contributed by atoms with van der Waals surface area (Å²) >= 11 is 0. The van der Waals surface area contributed by atoms with Gasteiger partial charge in [0.25, 0.3) is 5.56 Å². The van der Waals surface area contributed by atoms with Crippen LogP contribution < -0.4 is 10.9 Å². The fourth-order valence-corrected chi connectivity index (χ4v) is 1.98. The minimum Gasteiger partial charge on any atom is -0.369 e. The van der Waals surface area contributed by atoms with Crippen molar-refractivity contribution < 1.29 is 9.53 Å². The van der Waals surface area contributed by atoms with Gasteiger partial charge < -0.3 is 15.0 Å². The lowest BCUT2D eigenvalue weighted by molar-refractivity contribution is -0.132. The van der Waals surface area contributed by atoms with Gasteiger partial charge in [-0.25, -0.2) is 0 Å². The summed E-state index contributed by atoms with van der Waals surface area (Å²) in [6, 6.07) is 1.89. The maximum atomic E-state index is 11.9. The van der Waals surface area contributed by atoms with E-state index in [1.165, 1.54) is 0 Å². The third-order valence-electron chi connectivity index (χ3n) is 3.37. The van der Waals surface area contributed by atoms with Crippen LogP contribution in [0.25, 0.3) is 0 Å². The summed E-state index contributed by atoms with van der Waals surface area (Å²) in [5, 5.41) is 2.75. The lowest BCUT2D eigenvalue weighted by atomic mass is 10.1. The first-order valence-corrected chi connectivity index (χ1v) is 7.40. The summed E-state index contributed by atoms with van der Waals surface area (Å²) in [4.78, 5) is 26.5. The molecule has 0 aliphatic rings. The van der Waals surface area contributed by atoms with Gasteiger partial charge in [-0.15, -0.1) is 0 Å². The molecule has 0 aliphatic carbocycles. The first kappa shape index (κ1) is 17.4. The largest absolute Gasteiger partial charge is 0.369 e. The van der Waals surface area contributed by atoms with Crippen LogP contribution in [0.1, 0.15) is 44.0 Å². The fourth-order valence-electron chi connectivity index (χ4n) is 1.98. The number of hydrogen-bond donors (Lipinski definition) is 2. The summed E-state index contributed by atoms with van der Waals surface area (Å²) in [6.07, 6.45) is 0.419. The van der Waals surface area contributed by atoms with Crippen LogP contribution in [0.2, 0.25) is 0 Å². The number of aromatic amines is 1. The molecule has 0 radical (unpaired) electrons. The second-order valence-corrected chi connectivity index (χ2v) is 5.86. The summed E-state index contributed by atoms with van der Waals surface area (Å²) in [6.45, 7) is 10.4. The Morgan fingerprint density at radius 2 is 2.00 bits per heavy atom. The molecule has 5 heteroatoms. The van der Waals surface area contributed by atoms with Crippen LogP contribution in [0.4, 0.5) is 0 Å². The van der Waals surface area contributed by atoms with Crippen LogP contribution in [0.15, 0.2) is 10.9 Å². The fraction of sp³-hybridized carbons (Fsp3) is 0.625. The molecular formula is C16H26N2O3. The van der Waals surface area contributed by atoms with Crippen molar-refractivity contribution in [1.29, 1.82) is 0 Å². The van der Waals surface area contributed by atoms with Gasteiger partial charge in [0.05, 0.1) is 0 Å². The number of ether oxygens (including phenoxy) is 1. The number of nitrogens with one attached hydrogen (secondary N) is 2. The molecule has 0 fully saturated rings. The Balaban J connectivity index is 2.51. The number of aryl methyl sites for hydroxylation is 2. The van der Waals surface area contributed by atoms with Crippen LogP contribution in [0, 0.1) is 19.8 Å². The lowest BCUT2D eigenvalue weighted by Crippen LogP contribution is -2.36. The van der Waals surface area contributed by atoms with Crippen molar-refractivity contribution in [2.45, 2.75) is 53.7 Å². The van der Waals surface area contributed by atoms with Crippen LogP contribution in [-0.2, 0) is 16.1 Å². The van der Waals surface area contributed by atoms with Crippen LogP contribution >= 0.6 is 0 Å². The van der Waals surface area contributed by atoms with Crippen molar-refractivity contribution in [3.05, 3.63) is 33.2 Å². The van der Waals surface area contributed by atoms with E-state index in [0.717, 1.165) is 17.7 Å². The average molecular weight is 294 g/mol. The molecule has 1 aromatic heterocycles. The molecule has 0 aliphatic heterocycles. The number of carbonyl (C=O) groups is 1.